The van der Waals surface area contributed by atoms with Gasteiger partial charge in [0.2, 0.25) is 0 Å². The summed E-state index contributed by atoms with van der Waals surface area (Å²) in [7, 11) is 0. The zero-order valence-electron chi connectivity index (χ0n) is 29.1. The van der Waals surface area contributed by atoms with E-state index in [1.807, 2.05) is 42.7 Å². The second kappa shape index (κ2) is 11.2. The lowest BCUT2D eigenvalue weighted by Gasteiger charge is -2.43. The quantitative estimate of drug-likeness (QED) is 0.177. The predicted octanol–water partition coefficient (Wildman–Crippen LogP) is 11.8. The molecule has 3 aliphatic rings. The topological polar surface area (TPSA) is 67.0 Å². The average molecular weight is 722 g/mol. The van der Waals surface area contributed by atoms with Crippen LogP contribution in [0, 0.1) is 11.3 Å². The smallest absolute Gasteiger partial charge is 0.134 e. The maximum absolute atomic E-state index is 9.82. The molecule has 7 heteroatoms. The van der Waals surface area contributed by atoms with Crippen LogP contribution in [-0.2, 0) is 5.41 Å². The van der Waals surface area contributed by atoms with Crippen molar-refractivity contribution in [2.45, 2.75) is 15.2 Å². The van der Waals surface area contributed by atoms with Gasteiger partial charge in [-0.3, -0.25) is 9.97 Å². The van der Waals surface area contributed by atoms with E-state index in [4.69, 9.17) is 14.7 Å². The largest absolute Gasteiger partial charge is 0.457 e. The Labute approximate surface area is 320 Å². The highest BCUT2D eigenvalue weighted by Crippen LogP contribution is 2.65. The van der Waals surface area contributed by atoms with Gasteiger partial charge < -0.3 is 14.2 Å². The van der Waals surface area contributed by atoms with Crippen LogP contribution in [0.25, 0.3) is 38.9 Å². The monoisotopic (exact) mass is 721 g/mol. The number of anilines is 3. The van der Waals surface area contributed by atoms with Gasteiger partial charge in [-0.05, 0) is 84.4 Å². The Morgan fingerprint density at radius 2 is 1.27 bits per heavy atom. The van der Waals surface area contributed by atoms with E-state index in [1.165, 1.54) is 9.79 Å². The van der Waals surface area contributed by atoms with Crippen LogP contribution < -0.4 is 9.64 Å². The summed E-state index contributed by atoms with van der Waals surface area (Å²) < 4.78 is 9.21. The van der Waals surface area contributed by atoms with Crippen molar-refractivity contribution in [3.63, 3.8) is 0 Å². The molecule has 0 saturated carbocycles. The van der Waals surface area contributed by atoms with Crippen LogP contribution in [0.5, 0.6) is 11.5 Å². The molecule has 1 spiro atoms. The molecule has 9 aromatic rings. The molecule has 3 aromatic heterocycles. The molecule has 1 atom stereocenters. The molecule has 2 aliphatic heterocycles. The summed E-state index contributed by atoms with van der Waals surface area (Å²) in [4.78, 5) is 15.2. The molecule has 0 radical (unpaired) electrons. The van der Waals surface area contributed by atoms with Crippen molar-refractivity contribution in [1.29, 1.82) is 5.26 Å². The summed E-state index contributed by atoms with van der Waals surface area (Å²) in [5.41, 5.74) is 11.9. The van der Waals surface area contributed by atoms with Gasteiger partial charge in [0.05, 0.1) is 68.4 Å². The fourth-order valence-corrected chi connectivity index (χ4v) is 10.3. The molecule has 6 aromatic carbocycles. The molecule has 0 fully saturated rings. The first-order valence-electron chi connectivity index (χ1n) is 18.2. The van der Waals surface area contributed by atoms with E-state index in [0.29, 0.717) is 5.56 Å². The second-order valence-electron chi connectivity index (χ2n) is 14.1. The molecule has 0 N–H and O–H groups in total. The standard InChI is InChI=1S/C48H27N5OS/c49-27-29-22-23-37-32(25-29)31-11-1-3-14-36(31)52(37)30-26-35-47(51-28-30)46-34(13-10-24-50-46)48(35)33-12-2-6-18-41(33)54-42-19-9-17-40(45(42)48)53-38-15-4-7-20-43(38)55-44-21-8-5-16-39(44)53/h1-26,28H. The maximum atomic E-state index is 9.82. The van der Waals surface area contributed by atoms with Crippen LogP contribution in [0.2, 0.25) is 0 Å². The Hall–Kier alpha value is -7.14. The van der Waals surface area contributed by atoms with Crippen LogP contribution in [0.1, 0.15) is 27.8 Å². The zero-order valence-corrected chi connectivity index (χ0v) is 30.0. The van der Waals surface area contributed by atoms with Gasteiger partial charge in [-0.25, -0.2) is 0 Å². The fourth-order valence-electron chi connectivity index (χ4n) is 9.22. The molecule has 6 nitrogen and oxygen atoms in total. The van der Waals surface area contributed by atoms with E-state index in [-0.39, 0.29) is 0 Å². The number of fused-ring (bicyclic) bond motifs is 14. The van der Waals surface area contributed by atoms with Gasteiger partial charge in [-0.1, -0.05) is 84.6 Å². The number of hydrogen-bond donors (Lipinski definition) is 0. The van der Waals surface area contributed by atoms with E-state index in [9.17, 15) is 5.26 Å². The third-order valence-electron chi connectivity index (χ3n) is 11.3. The molecule has 55 heavy (non-hydrogen) atoms. The van der Waals surface area contributed by atoms with Crippen molar-refractivity contribution in [1.82, 2.24) is 14.5 Å². The van der Waals surface area contributed by atoms with Crippen molar-refractivity contribution in [2.24, 2.45) is 0 Å². The molecule has 1 unspecified atom stereocenters. The van der Waals surface area contributed by atoms with E-state index < -0.39 is 5.41 Å². The second-order valence-corrected chi connectivity index (χ2v) is 15.1. The first-order chi connectivity index (χ1) is 27.2. The third-order valence-corrected chi connectivity index (χ3v) is 12.5. The summed E-state index contributed by atoms with van der Waals surface area (Å²) in [5.74, 6) is 1.59. The van der Waals surface area contributed by atoms with Gasteiger partial charge in [0, 0.05) is 43.5 Å². The number of ether oxygens (including phenoxy) is 1. The maximum Gasteiger partial charge on any atom is 0.134 e. The fraction of sp³-hybridized carbons (Fsp3) is 0.0208. The van der Waals surface area contributed by atoms with Crippen molar-refractivity contribution in [2.75, 3.05) is 4.90 Å². The van der Waals surface area contributed by atoms with Crippen LogP contribution in [-0.4, -0.2) is 14.5 Å². The van der Waals surface area contributed by atoms with E-state index >= 15 is 0 Å². The van der Waals surface area contributed by atoms with E-state index in [0.717, 1.165) is 89.7 Å². The SMILES string of the molecule is N#Cc1ccc2c(c1)c1ccccc1n2-c1cnc2c(c1)C1(c3ccccc3Oc3cccc(N4c5ccccc5Sc5ccccc54)c31)c1cccnc1-2. The van der Waals surface area contributed by atoms with Crippen LogP contribution in [0.3, 0.4) is 0 Å². The summed E-state index contributed by atoms with van der Waals surface area (Å²) >= 11 is 1.80. The van der Waals surface area contributed by atoms with Gasteiger partial charge in [-0.2, -0.15) is 5.26 Å². The van der Waals surface area contributed by atoms with Gasteiger partial charge in [0.15, 0.2) is 0 Å². The lowest BCUT2D eigenvalue weighted by Crippen LogP contribution is -2.34. The lowest BCUT2D eigenvalue weighted by molar-refractivity contribution is 0.436. The Bertz CT molecular complexity index is 3120. The number of benzene rings is 6. The predicted molar refractivity (Wildman–Crippen MR) is 217 cm³/mol. The van der Waals surface area contributed by atoms with Crippen molar-refractivity contribution in [3.8, 4) is 34.6 Å². The number of rotatable bonds is 2. The van der Waals surface area contributed by atoms with Crippen LogP contribution in [0.15, 0.2) is 174 Å². The number of hydrogen-bond acceptors (Lipinski definition) is 6. The molecular weight excluding hydrogens is 695 g/mol. The molecular formula is C48H27N5OS. The highest BCUT2D eigenvalue weighted by molar-refractivity contribution is 7.99. The Balaban J connectivity index is 1.21. The van der Waals surface area contributed by atoms with Crippen molar-refractivity contribution >= 4 is 50.6 Å². The first kappa shape index (κ1) is 30.3. The minimum Gasteiger partial charge on any atom is -0.457 e. The van der Waals surface area contributed by atoms with Gasteiger partial charge in [-0.15, -0.1) is 0 Å². The van der Waals surface area contributed by atoms with Crippen molar-refractivity contribution < 1.29 is 4.74 Å². The number of pyridine rings is 2. The zero-order chi connectivity index (χ0) is 36.3. The minimum absolute atomic E-state index is 0.630. The molecule has 256 valence electrons. The van der Waals surface area contributed by atoms with E-state index in [1.54, 1.807) is 11.8 Å². The molecule has 5 heterocycles. The Kier molecular flexibility index (Phi) is 6.17. The summed E-state index contributed by atoms with van der Waals surface area (Å²) in [5, 5.41) is 11.9. The van der Waals surface area contributed by atoms with Crippen LogP contribution in [0.4, 0.5) is 17.1 Å². The Morgan fingerprint density at radius 1 is 0.582 bits per heavy atom. The molecule has 0 saturated heterocycles. The third kappa shape index (κ3) is 3.98. The van der Waals surface area contributed by atoms with Gasteiger partial charge in [0.1, 0.15) is 11.5 Å². The summed E-state index contributed by atoms with van der Waals surface area (Å²) in [6.07, 6.45) is 3.83. The number of nitrogens with zero attached hydrogens (tertiary/aromatic N) is 5. The van der Waals surface area contributed by atoms with Crippen LogP contribution >= 0.6 is 11.8 Å². The highest BCUT2D eigenvalue weighted by Gasteiger charge is 2.54. The highest BCUT2D eigenvalue weighted by atomic mass is 32.2. The number of para-hydroxylation sites is 4. The normalized spacial score (nSPS) is 15.7. The molecule has 0 amide bonds. The average Bonchev–Trinajstić information content (AvgIpc) is 3.72. The number of nitriles is 1. The molecule has 0 bridgehead atoms. The van der Waals surface area contributed by atoms with Crippen molar-refractivity contribution in [3.05, 3.63) is 192 Å². The van der Waals surface area contributed by atoms with Gasteiger partial charge >= 0.3 is 0 Å². The molecule has 12 rings (SSSR count). The summed E-state index contributed by atoms with van der Waals surface area (Å²) in [6, 6.07) is 55.3. The minimum atomic E-state index is -0.843. The lowest BCUT2D eigenvalue weighted by atomic mass is 9.65. The van der Waals surface area contributed by atoms with E-state index in [2.05, 4.69) is 137 Å². The first-order valence-corrected chi connectivity index (χ1v) is 19.0. The molecule has 1 aliphatic carbocycles. The number of aromatic nitrogens is 3. The Morgan fingerprint density at radius 3 is 2.13 bits per heavy atom. The summed E-state index contributed by atoms with van der Waals surface area (Å²) in [6.45, 7) is 0. The van der Waals surface area contributed by atoms with Gasteiger partial charge in [0.25, 0.3) is 0 Å².